The fraction of sp³-hybridized carbons (Fsp3) is 0.440. The Bertz CT molecular complexity index is 915. The highest BCUT2D eigenvalue weighted by atomic mass is 16.5. The van der Waals surface area contributed by atoms with E-state index in [1.54, 1.807) is 19.2 Å². The molecule has 0 saturated carbocycles. The monoisotopic (exact) mass is 455 g/mol. The molecule has 2 aromatic carbocycles. The van der Waals surface area contributed by atoms with Crippen molar-refractivity contribution in [1.29, 1.82) is 0 Å². The molecule has 0 fully saturated rings. The minimum Gasteiger partial charge on any atom is -0.507 e. The summed E-state index contributed by atoms with van der Waals surface area (Å²) in [5.74, 6) is 0.778. The first-order valence-corrected chi connectivity index (χ1v) is 11.3. The number of amides is 1. The highest BCUT2D eigenvalue weighted by Crippen LogP contribution is 2.23. The lowest BCUT2D eigenvalue weighted by Gasteiger charge is -2.21. The van der Waals surface area contributed by atoms with Crippen molar-refractivity contribution in [1.82, 2.24) is 15.2 Å². The molecule has 0 heterocycles. The van der Waals surface area contributed by atoms with E-state index in [1.807, 2.05) is 36.2 Å². The molecule has 1 amide bonds. The predicted octanol–water partition coefficient (Wildman–Crippen LogP) is 2.76. The highest BCUT2D eigenvalue weighted by molar-refractivity contribution is 5.86. The van der Waals surface area contributed by atoms with Crippen molar-refractivity contribution in [3.63, 3.8) is 0 Å². The lowest BCUT2D eigenvalue weighted by atomic mass is 10.2. The van der Waals surface area contributed by atoms with Gasteiger partial charge in [0.15, 0.2) is 0 Å². The van der Waals surface area contributed by atoms with Crippen molar-refractivity contribution in [3.05, 3.63) is 53.6 Å². The van der Waals surface area contributed by atoms with E-state index < -0.39 is 0 Å². The number of phenolic OH excluding ortho intramolecular Hbond substituents is 1. The lowest BCUT2D eigenvalue weighted by molar-refractivity contribution is -0.121. The third-order valence-corrected chi connectivity index (χ3v) is 5.40. The van der Waals surface area contributed by atoms with Gasteiger partial charge in [0.2, 0.25) is 0 Å². The zero-order valence-electron chi connectivity index (χ0n) is 20.4. The standard InChI is InChI=1S/C25H37N5O3/c1-6-30(7-2)22-12-11-21(24(31)16-22)17-26-27-25(32)19-29(4)14-13-28(3)18-20-9-8-10-23(15-20)33-5/h8-12,15-17,31H,6-7,13-14,18-19H2,1-5H3,(H,27,32)/b26-17+. The summed E-state index contributed by atoms with van der Waals surface area (Å²) in [5.41, 5.74) is 5.22. The Labute approximate surface area is 197 Å². The summed E-state index contributed by atoms with van der Waals surface area (Å²) in [4.78, 5) is 18.5. The Morgan fingerprint density at radius 2 is 1.82 bits per heavy atom. The van der Waals surface area contributed by atoms with Gasteiger partial charge >= 0.3 is 0 Å². The maximum absolute atomic E-state index is 12.2. The molecule has 0 aliphatic heterocycles. The highest BCUT2D eigenvalue weighted by Gasteiger charge is 2.09. The van der Waals surface area contributed by atoms with Crippen LogP contribution in [0, 0.1) is 0 Å². The molecule has 0 atom stereocenters. The SMILES string of the molecule is CCN(CC)c1ccc(/C=N/NC(=O)CN(C)CCN(C)Cc2cccc(OC)c2)c(O)c1. The average molecular weight is 456 g/mol. The van der Waals surface area contributed by atoms with Crippen molar-refractivity contribution >= 4 is 17.8 Å². The van der Waals surface area contributed by atoms with Gasteiger partial charge in [0.05, 0.1) is 19.9 Å². The number of rotatable bonds is 13. The predicted molar refractivity (Wildman–Crippen MR) is 134 cm³/mol. The van der Waals surface area contributed by atoms with E-state index in [0.717, 1.165) is 44.2 Å². The number of hydrogen-bond acceptors (Lipinski definition) is 7. The first-order chi connectivity index (χ1) is 15.9. The third kappa shape index (κ3) is 8.75. The van der Waals surface area contributed by atoms with Gasteiger partial charge in [-0.15, -0.1) is 0 Å². The zero-order valence-corrected chi connectivity index (χ0v) is 20.4. The van der Waals surface area contributed by atoms with Crippen LogP contribution < -0.4 is 15.1 Å². The summed E-state index contributed by atoms with van der Waals surface area (Å²) >= 11 is 0. The van der Waals surface area contributed by atoms with Crippen LogP contribution in [0.1, 0.15) is 25.0 Å². The number of phenols is 1. The number of hydrazone groups is 1. The molecule has 8 nitrogen and oxygen atoms in total. The molecule has 2 rings (SSSR count). The molecule has 0 saturated heterocycles. The zero-order chi connectivity index (χ0) is 24.2. The Hall–Kier alpha value is -3.10. The molecule has 0 unspecified atom stereocenters. The number of likely N-dealkylation sites (N-methyl/N-ethyl adjacent to an activating group) is 2. The van der Waals surface area contributed by atoms with Gasteiger partial charge in [-0.05, 0) is 57.8 Å². The molecule has 33 heavy (non-hydrogen) atoms. The smallest absolute Gasteiger partial charge is 0.254 e. The minimum absolute atomic E-state index is 0.133. The maximum atomic E-state index is 12.2. The molecule has 0 aliphatic rings. The molecule has 0 aromatic heterocycles. The van der Waals surface area contributed by atoms with Crippen molar-refractivity contribution in [2.75, 3.05) is 58.8 Å². The van der Waals surface area contributed by atoms with Gasteiger partial charge in [0.1, 0.15) is 11.5 Å². The number of anilines is 1. The van der Waals surface area contributed by atoms with Crippen LogP contribution in [-0.4, -0.2) is 81.0 Å². The van der Waals surface area contributed by atoms with Crippen molar-refractivity contribution in [2.24, 2.45) is 5.10 Å². The Balaban J connectivity index is 1.75. The molecule has 2 aromatic rings. The molecule has 2 N–H and O–H groups in total. The lowest BCUT2D eigenvalue weighted by Crippen LogP contribution is -2.37. The molecular weight excluding hydrogens is 418 g/mol. The van der Waals surface area contributed by atoms with Crippen molar-refractivity contribution in [2.45, 2.75) is 20.4 Å². The van der Waals surface area contributed by atoms with Crippen LogP contribution in [0.2, 0.25) is 0 Å². The summed E-state index contributed by atoms with van der Waals surface area (Å²) in [5, 5.41) is 14.2. The number of carbonyl (C=O) groups excluding carboxylic acids is 1. The third-order valence-electron chi connectivity index (χ3n) is 5.40. The Kier molecular flexibility index (Phi) is 10.7. The molecule has 0 bridgehead atoms. The van der Waals surface area contributed by atoms with Crippen molar-refractivity contribution < 1.29 is 14.6 Å². The maximum Gasteiger partial charge on any atom is 0.254 e. The van der Waals surface area contributed by atoms with Gasteiger partial charge in [-0.25, -0.2) is 5.43 Å². The molecule has 0 radical (unpaired) electrons. The second-order valence-corrected chi connectivity index (χ2v) is 8.04. The number of benzene rings is 2. The van der Waals surface area contributed by atoms with Crippen LogP contribution in [0.15, 0.2) is 47.6 Å². The topological polar surface area (TPSA) is 80.6 Å². The van der Waals surface area contributed by atoms with E-state index in [1.165, 1.54) is 11.8 Å². The number of methoxy groups -OCH3 is 1. The Morgan fingerprint density at radius 1 is 1.09 bits per heavy atom. The van der Waals surface area contributed by atoms with Gasteiger partial charge in [-0.2, -0.15) is 5.10 Å². The van der Waals surface area contributed by atoms with Crippen LogP contribution in [-0.2, 0) is 11.3 Å². The number of ether oxygens (including phenoxy) is 1. The first-order valence-electron chi connectivity index (χ1n) is 11.3. The molecule has 0 aliphatic carbocycles. The van der Waals surface area contributed by atoms with Gasteiger partial charge in [-0.3, -0.25) is 9.69 Å². The summed E-state index contributed by atoms with van der Waals surface area (Å²) in [6.07, 6.45) is 1.46. The number of nitrogens with zero attached hydrogens (tertiary/aromatic N) is 4. The number of hydrogen-bond donors (Lipinski definition) is 2. The Morgan fingerprint density at radius 3 is 2.48 bits per heavy atom. The largest absolute Gasteiger partial charge is 0.507 e. The fourth-order valence-electron chi connectivity index (χ4n) is 3.46. The van der Waals surface area contributed by atoms with Crippen molar-refractivity contribution in [3.8, 4) is 11.5 Å². The summed E-state index contributed by atoms with van der Waals surface area (Å²) < 4.78 is 5.27. The van der Waals surface area contributed by atoms with Crippen LogP contribution in [0.3, 0.4) is 0 Å². The number of carbonyl (C=O) groups is 1. The summed E-state index contributed by atoms with van der Waals surface area (Å²) in [6, 6.07) is 13.5. The second-order valence-electron chi connectivity index (χ2n) is 8.04. The average Bonchev–Trinajstić information content (AvgIpc) is 2.80. The quantitative estimate of drug-likeness (QED) is 0.357. The van der Waals surface area contributed by atoms with Crippen LogP contribution >= 0.6 is 0 Å². The van der Waals surface area contributed by atoms with Crippen LogP contribution in [0.25, 0.3) is 0 Å². The van der Waals surface area contributed by atoms with E-state index in [0.29, 0.717) is 5.56 Å². The van der Waals surface area contributed by atoms with Gasteiger partial charge in [-0.1, -0.05) is 12.1 Å². The van der Waals surface area contributed by atoms with E-state index in [9.17, 15) is 9.90 Å². The normalized spacial score (nSPS) is 11.4. The van der Waals surface area contributed by atoms with Crippen LogP contribution in [0.5, 0.6) is 11.5 Å². The van der Waals surface area contributed by atoms with Gasteiger partial charge < -0.3 is 19.6 Å². The number of aromatic hydroxyl groups is 1. The molecule has 8 heteroatoms. The second kappa shape index (κ2) is 13.4. The van der Waals surface area contributed by atoms with Crippen LogP contribution in [0.4, 0.5) is 5.69 Å². The molecular formula is C25H37N5O3. The fourth-order valence-corrected chi connectivity index (χ4v) is 3.46. The van der Waals surface area contributed by atoms with E-state index in [4.69, 9.17) is 4.74 Å². The summed E-state index contributed by atoms with van der Waals surface area (Å²) in [7, 11) is 5.62. The van der Waals surface area contributed by atoms with Gasteiger partial charge in [0.25, 0.3) is 5.91 Å². The number of nitrogens with one attached hydrogen (secondary N) is 1. The molecule has 0 spiro atoms. The van der Waals surface area contributed by atoms with E-state index in [-0.39, 0.29) is 18.2 Å². The molecule has 180 valence electrons. The van der Waals surface area contributed by atoms with Gasteiger partial charge in [0, 0.05) is 50.0 Å². The minimum atomic E-state index is -0.205. The first kappa shape index (κ1) is 26.2. The van der Waals surface area contributed by atoms with E-state index >= 15 is 0 Å². The van der Waals surface area contributed by atoms with E-state index in [2.05, 4.69) is 47.3 Å². The summed E-state index contributed by atoms with van der Waals surface area (Å²) in [6.45, 7) is 8.47.